The quantitative estimate of drug-likeness (QED) is 0.512. The molecule has 1 aromatic heterocycles. The van der Waals surface area contributed by atoms with Gasteiger partial charge in [0.2, 0.25) is 0 Å². The third-order valence-electron chi connectivity index (χ3n) is 4.85. The average molecular weight is 376 g/mol. The summed E-state index contributed by atoms with van der Waals surface area (Å²) in [4.78, 5) is 4.54. The second-order valence-corrected chi connectivity index (χ2v) is 7.52. The Balaban J connectivity index is 1.64. The Morgan fingerprint density at radius 3 is 2.58 bits per heavy atom. The van der Waals surface area contributed by atoms with E-state index in [1.165, 1.54) is 5.56 Å². The Labute approximate surface area is 159 Å². The number of guanidine groups is 1. The highest BCUT2D eigenvalue weighted by molar-refractivity contribution is 6.30. The monoisotopic (exact) mass is 375 g/mol. The van der Waals surface area contributed by atoms with Crippen molar-refractivity contribution in [3.05, 3.63) is 59.0 Å². The molecule has 26 heavy (non-hydrogen) atoms. The van der Waals surface area contributed by atoms with E-state index >= 15 is 0 Å². The van der Waals surface area contributed by atoms with Crippen LogP contribution in [-0.2, 0) is 11.0 Å². The van der Waals surface area contributed by atoms with Crippen molar-refractivity contribution in [2.24, 2.45) is 4.99 Å². The summed E-state index contributed by atoms with van der Waals surface area (Å²) in [6.45, 7) is 5.48. The third-order valence-corrected chi connectivity index (χ3v) is 5.10. The smallest absolute Gasteiger partial charge is 0.191 e. The molecular weight excluding hydrogens is 350 g/mol. The predicted molar refractivity (Wildman–Crippen MR) is 105 cm³/mol. The second kappa shape index (κ2) is 7.72. The Morgan fingerprint density at radius 1 is 1.27 bits per heavy atom. The molecule has 1 saturated carbocycles. The van der Waals surface area contributed by atoms with E-state index in [0.717, 1.165) is 31.0 Å². The topological polar surface area (TPSA) is 69.8 Å². The van der Waals surface area contributed by atoms with Gasteiger partial charge in [-0.1, -0.05) is 23.7 Å². The van der Waals surface area contributed by atoms with E-state index in [1.54, 1.807) is 25.3 Å². The number of aliphatic hydroxyl groups is 1. The normalized spacial score (nSPS) is 18.2. The molecule has 140 valence electrons. The Bertz CT molecular complexity index is 735. The first-order valence-electron chi connectivity index (χ1n) is 9.00. The van der Waals surface area contributed by atoms with Crippen molar-refractivity contribution >= 4 is 17.6 Å². The van der Waals surface area contributed by atoms with Crippen LogP contribution in [0.3, 0.4) is 0 Å². The molecule has 0 aliphatic heterocycles. The molecule has 1 aliphatic rings. The maximum absolute atomic E-state index is 10.6. The summed E-state index contributed by atoms with van der Waals surface area (Å²) in [7, 11) is 0. The Morgan fingerprint density at radius 2 is 2.00 bits per heavy atom. The summed E-state index contributed by atoms with van der Waals surface area (Å²) in [6, 6.07) is 11.6. The van der Waals surface area contributed by atoms with Crippen molar-refractivity contribution in [1.29, 1.82) is 0 Å². The summed E-state index contributed by atoms with van der Waals surface area (Å²) in [5.74, 6) is 1.21. The van der Waals surface area contributed by atoms with Crippen molar-refractivity contribution in [2.75, 3.05) is 19.6 Å². The number of rotatable bonds is 7. The van der Waals surface area contributed by atoms with E-state index in [0.29, 0.717) is 11.7 Å². The van der Waals surface area contributed by atoms with Crippen LogP contribution in [0.5, 0.6) is 0 Å². The van der Waals surface area contributed by atoms with Crippen molar-refractivity contribution in [2.45, 2.75) is 37.7 Å². The van der Waals surface area contributed by atoms with Gasteiger partial charge in [-0.05, 0) is 56.5 Å². The molecule has 1 heterocycles. The van der Waals surface area contributed by atoms with E-state index in [-0.39, 0.29) is 12.0 Å². The van der Waals surface area contributed by atoms with E-state index in [1.807, 2.05) is 19.1 Å². The zero-order valence-electron chi connectivity index (χ0n) is 15.3. The fraction of sp³-hybridized carbons (Fsp3) is 0.450. The molecule has 1 atom stereocenters. The molecule has 1 aliphatic carbocycles. The predicted octanol–water partition coefficient (Wildman–Crippen LogP) is 3.43. The lowest BCUT2D eigenvalue weighted by atomic mass is 9.96. The molecule has 6 heteroatoms. The molecule has 1 aromatic carbocycles. The third kappa shape index (κ3) is 4.40. The van der Waals surface area contributed by atoms with Crippen LogP contribution in [0.2, 0.25) is 5.02 Å². The van der Waals surface area contributed by atoms with Gasteiger partial charge >= 0.3 is 0 Å². The number of nitrogens with one attached hydrogen (secondary N) is 2. The van der Waals surface area contributed by atoms with Gasteiger partial charge in [0.1, 0.15) is 11.4 Å². The highest BCUT2D eigenvalue weighted by atomic mass is 35.5. The van der Waals surface area contributed by atoms with E-state index in [2.05, 4.69) is 27.8 Å². The minimum Gasteiger partial charge on any atom is -0.466 e. The highest BCUT2D eigenvalue weighted by Gasteiger charge is 2.44. The Hall–Kier alpha value is -1.98. The summed E-state index contributed by atoms with van der Waals surface area (Å²) < 4.78 is 5.31. The minimum absolute atomic E-state index is 0.143. The van der Waals surface area contributed by atoms with Gasteiger partial charge in [-0.3, -0.25) is 0 Å². The number of hydrogen-bond acceptors (Lipinski definition) is 3. The molecule has 1 fully saturated rings. The highest BCUT2D eigenvalue weighted by Crippen LogP contribution is 2.47. The molecule has 3 rings (SSSR count). The lowest BCUT2D eigenvalue weighted by Gasteiger charge is -2.21. The van der Waals surface area contributed by atoms with Crippen molar-refractivity contribution < 1.29 is 9.52 Å². The van der Waals surface area contributed by atoms with Crippen LogP contribution in [0.1, 0.15) is 38.0 Å². The molecular formula is C20H26ClN3O2. The SMILES string of the molecule is CCNC(=NCC(C)(O)c1ccco1)NCC1(c2ccc(Cl)cc2)CC1. The zero-order chi connectivity index (χ0) is 18.6. The van der Waals surface area contributed by atoms with Crippen molar-refractivity contribution in [1.82, 2.24) is 10.6 Å². The molecule has 2 aromatic rings. The van der Waals surface area contributed by atoms with Gasteiger partial charge in [-0.15, -0.1) is 0 Å². The van der Waals surface area contributed by atoms with Gasteiger partial charge in [-0.2, -0.15) is 0 Å². The minimum atomic E-state index is -1.14. The van der Waals surface area contributed by atoms with Gasteiger partial charge in [0, 0.05) is 23.5 Å². The molecule has 1 unspecified atom stereocenters. The summed E-state index contributed by atoms with van der Waals surface area (Å²) in [5, 5.41) is 18.0. The van der Waals surface area contributed by atoms with Gasteiger partial charge < -0.3 is 20.2 Å². The van der Waals surface area contributed by atoms with Crippen LogP contribution in [0.4, 0.5) is 0 Å². The number of benzene rings is 1. The van der Waals surface area contributed by atoms with Crippen LogP contribution in [0.15, 0.2) is 52.1 Å². The van der Waals surface area contributed by atoms with E-state index in [4.69, 9.17) is 16.0 Å². The molecule has 0 amide bonds. The molecule has 0 radical (unpaired) electrons. The second-order valence-electron chi connectivity index (χ2n) is 7.09. The van der Waals surface area contributed by atoms with Crippen molar-refractivity contribution in [3.8, 4) is 0 Å². The van der Waals surface area contributed by atoms with Gasteiger partial charge in [0.05, 0.1) is 12.8 Å². The number of halogens is 1. The van der Waals surface area contributed by atoms with Gasteiger partial charge in [0.15, 0.2) is 5.96 Å². The molecule has 0 spiro atoms. The molecule has 5 nitrogen and oxygen atoms in total. The first-order valence-corrected chi connectivity index (χ1v) is 9.38. The summed E-state index contributed by atoms with van der Waals surface area (Å²) >= 11 is 6.00. The fourth-order valence-electron chi connectivity index (χ4n) is 3.01. The lowest BCUT2D eigenvalue weighted by Crippen LogP contribution is -2.42. The zero-order valence-corrected chi connectivity index (χ0v) is 16.0. The molecule has 0 bridgehead atoms. The van der Waals surface area contributed by atoms with Crippen LogP contribution >= 0.6 is 11.6 Å². The largest absolute Gasteiger partial charge is 0.466 e. The van der Waals surface area contributed by atoms with Crippen LogP contribution < -0.4 is 10.6 Å². The van der Waals surface area contributed by atoms with Crippen LogP contribution in [-0.4, -0.2) is 30.7 Å². The van der Waals surface area contributed by atoms with Crippen LogP contribution in [0, 0.1) is 0 Å². The maximum atomic E-state index is 10.6. The number of nitrogens with zero attached hydrogens (tertiary/aromatic N) is 1. The summed E-state index contributed by atoms with van der Waals surface area (Å²) in [6.07, 6.45) is 3.84. The first-order chi connectivity index (χ1) is 12.5. The van der Waals surface area contributed by atoms with Crippen LogP contribution in [0.25, 0.3) is 0 Å². The maximum Gasteiger partial charge on any atom is 0.191 e. The van der Waals surface area contributed by atoms with Gasteiger partial charge in [-0.25, -0.2) is 4.99 Å². The van der Waals surface area contributed by atoms with E-state index in [9.17, 15) is 5.11 Å². The lowest BCUT2D eigenvalue weighted by molar-refractivity contribution is 0.0437. The summed E-state index contributed by atoms with van der Waals surface area (Å²) in [5.41, 5.74) is 0.302. The number of hydrogen-bond donors (Lipinski definition) is 3. The number of aliphatic imine (C=N–C) groups is 1. The van der Waals surface area contributed by atoms with Crippen molar-refractivity contribution in [3.63, 3.8) is 0 Å². The van der Waals surface area contributed by atoms with Gasteiger partial charge in [0.25, 0.3) is 0 Å². The standard InChI is InChI=1S/C20H26ClN3O2/c1-3-22-18(23-13-19(2,25)17-5-4-12-26-17)24-14-20(10-11-20)15-6-8-16(21)9-7-15/h4-9,12,25H,3,10-11,13-14H2,1-2H3,(H2,22,23,24). The van der Waals surface area contributed by atoms with E-state index < -0.39 is 5.60 Å². The molecule has 3 N–H and O–H groups in total. The number of furan rings is 1. The Kier molecular flexibility index (Phi) is 5.58. The fourth-order valence-corrected chi connectivity index (χ4v) is 3.14. The first kappa shape index (κ1) is 18.8. The molecule has 0 saturated heterocycles. The average Bonchev–Trinajstić information content (AvgIpc) is 3.19.